The highest BCUT2D eigenvalue weighted by atomic mass is 79.9. The first-order valence-electron chi connectivity index (χ1n) is 10.6. The van der Waals surface area contributed by atoms with E-state index >= 15 is 0 Å². The molecule has 0 unspecified atom stereocenters. The van der Waals surface area contributed by atoms with E-state index in [1.165, 1.54) is 0 Å². The van der Waals surface area contributed by atoms with E-state index in [1.54, 1.807) is 19.2 Å². The molecule has 1 atom stereocenters. The molecule has 0 bridgehead atoms. The van der Waals surface area contributed by atoms with Crippen molar-refractivity contribution in [3.63, 3.8) is 0 Å². The number of halogens is 1. The molecule has 2 aromatic rings. The standard InChI is InChI=1S/C26H27BrN2O3/c1-15-22(25(31)29-18-7-5-6-8-21(18)32-4)23(16-9-11-17(27)12-10-16)24-19(28-15)13-26(2,3)14-20(24)30/h5-12,23,28H,13-14H2,1-4H3,(H,29,31)/t23-/m1/s1. The molecule has 0 spiro atoms. The van der Waals surface area contributed by atoms with Crippen LogP contribution in [0.4, 0.5) is 5.69 Å². The van der Waals surface area contributed by atoms with Crippen molar-refractivity contribution in [2.75, 3.05) is 12.4 Å². The van der Waals surface area contributed by atoms with Gasteiger partial charge in [0.1, 0.15) is 5.75 Å². The van der Waals surface area contributed by atoms with Crippen molar-refractivity contribution in [2.45, 2.75) is 39.5 Å². The number of allylic oxidation sites excluding steroid dienone is 3. The predicted octanol–water partition coefficient (Wildman–Crippen LogP) is 5.70. The molecule has 0 aromatic heterocycles. The van der Waals surface area contributed by atoms with E-state index in [0.29, 0.717) is 29.0 Å². The zero-order valence-corrected chi connectivity index (χ0v) is 20.3. The zero-order valence-electron chi connectivity index (χ0n) is 18.7. The Morgan fingerprint density at radius 3 is 2.50 bits per heavy atom. The normalized spacial score (nSPS) is 19.9. The molecule has 32 heavy (non-hydrogen) atoms. The van der Waals surface area contributed by atoms with Crippen LogP contribution in [0.15, 0.2) is 75.5 Å². The van der Waals surface area contributed by atoms with Crippen LogP contribution in [0.1, 0.15) is 45.1 Å². The maximum Gasteiger partial charge on any atom is 0.254 e. The lowest BCUT2D eigenvalue weighted by Crippen LogP contribution is -2.39. The van der Waals surface area contributed by atoms with Gasteiger partial charge in [0.05, 0.1) is 12.8 Å². The van der Waals surface area contributed by atoms with Crippen LogP contribution < -0.4 is 15.4 Å². The van der Waals surface area contributed by atoms with Gasteiger partial charge in [0.2, 0.25) is 0 Å². The van der Waals surface area contributed by atoms with Gasteiger partial charge < -0.3 is 15.4 Å². The molecule has 166 valence electrons. The highest BCUT2D eigenvalue weighted by Crippen LogP contribution is 2.47. The largest absolute Gasteiger partial charge is 0.495 e. The van der Waals surface area contributed by atoms with Gasteiger partial charge in [-0.25, -0.2) is 0 Å². The third-order valence-electron chi connectivity index (χ3n) is 6.04. The number of dihydropyridines is 1. The van der Waals surface area contributed by atoms with Crippen LogP contribution in [0.2, 0.25) is 0 Å². The Kier molecular flexibility index (Phi) is 5.99. The van der Waals surface area contributed by atoms with Crippen molar-refractivity contribution in [3.05, 3.63) is 81.1 Å². The predicted molar refractivity (Wildman–Crippen MR) is 129 cm³/mol. The Bertz CT molecular complexity index is 1150. The van der Waals surface area contributed by atoms with E-state index in [9.17, 15) is 9.59 Å². The number of anilines is 1. The highest BCUT2D eigenvalue weighted by Gasteiger charge is 2.42. The Morgan fingerprint density at radius 1 is 1.12 bits per heavy atom. The van der Waals surface area contributed by atoms with Crippen LogP contribution in [0.5, 0.6) is 5.75 Å². The molecule has 1 aliphatic carbocycles. The fourth-order valence-corrected chi connectivity index (χ4v) is 4.93. The SMILES string of the molecule is COc1ccccc1NC(=O)C1=C(C)NC2=C(C(=O)CC(C)(C)C2)[C@@H]1c1ccc(Br)cc1. The number of Topliss-reactive ketones (excluding diaryl/α,β-unsaturated/α-hetero) is 1. The van der Waals surface area contributed by atoms with E-state index in [4.69, 9.17) is 4.74 Å². The molecule has 0 fully saturated rings. The molecule has 2 N–H and O–H groups in total. The van der Waals surface area contributed by atoms with Gasteiger partial charge in [-0.15, -0.1) is 0 Å². The summed E-state index contributed by atoms with van der Waals surface area (Å²) in [5.74, 6) is -0.0144. The van der Waals surface area contributed by atoms with Gasteiger partial charge in [0.15, 0.2) is 5.78 Å². The fourth-order valence-electron chi connectivity index (χ4n) is 4.66. The van der Waals surface area contributed by atoms with Crippen molar-refractivity contribution in [2.24, 2.45) is 5.41 Å². The first-order valence-corrected chi connectivity index (χ1v) is 11.4. The van der Waals surface area contributed by atoms with E-state index < -0.39 is 5.92 Å². The summed E-state index contributed by atoms with van der Waals surface area (Å²) in [4.78, 5) is 26.9. The molecule has 6 heteroatoms. The van der Waals surface area contributed by atoms with Crippen LogP contribution in [0.25, 0.3) is 0 Å². The summed E-state index contributed by atoms with van der Waals surface area (Å²) < 4.78 is 6.34. The Hall–Kier alpha value is -2.86. The summed E-state index contributed by atoms with van der Waals surface area (Å²) in [6.07, 6.45) is 1.22. The van der Waals surface area contributed by atoms with Gasteiger partial charge in [0, 0.05) is 39.4 Å². The molecule has 0 saturated heterocycles. The number of methoxy groups -OCH3 is 1. The van der Waals surface area contributed by atoms with Gasteiger partial charge in [-0.3, -0.25) is 9.59 Å². The number of hydrogen-bond donors (Lipinski definition) is 2. The number of carbonyl (C=O) groups is 2. The van der Waals surface area contributed by atoms with Crippen LogP contribution in [-0.2, 0) is 9.59 Å². The third kappa shape index (κ3) is 4.24. The number of hydrogen-bond acceptors (Lipinski definition) is 4. The van der Waals surface area contributed by atoms with Crippen LogP contribution >= 0.6 is 15.9 Å². The zero-order chi connectivity index (χ0) is 23.0. The Balaban J connectivity index is 1.80. The maximum absolute atomic E-state index is 13.6. The summed E-state index contributed by atoms with van der Waals surface area (Å²) >= 11 is 3.48. The number of benzene rings is 2. The van der Waals surface area contributed by atoms with E-state index in [2.05, 4.69) is 40.4 Å². The van der Waals surface area contributed by atoms with E-state index in [0.717, 1.165) is 27.9 Å². The highest BCUT2D eigenvalue weighted by molar-refractivity contribution is 9.10. The summed E-state index contributed by atoms with van der Waals surface area (Å²) in [7, 11) is 1.57. The first-order chi connectivity index (χ1) is 15.2. The fraction of sp³-hybridized carbons (Fsp3) is 0.308. The van der Waals surface area contributed by atoms with Gasteiger partial charge in [-0.2, -0.15) is 0 Å². The molecular formula is C26H27BrN2O3. The lowest BCUT2D eigenvalue weighted by atomic mass is 9.68. The molecule has 5 nitrogen and oxygen atoms in total. The number of para-hydroxylation sites is 2. The molecular weight excluding hydrogens is 468 g/mol. The topological polar surface area (TPSA) is 67.4 Å². The molecule has 1 heterocycles. The number of ketones is 1. The van der Waals surface area contributed by atoms with Crippen molar-refractivity contribution in [3.8, 4) is 5.75 Å². The summed E-state index contributed by atoms with van der Waals surface area (Å²) in [6, 6.07) is 15.1. The average Bonchev–Trinajstić information content (AvgIpc) is 2.72. The second kappa shape index (κ2) is 8.58. The van der Waals surface area contributed by atoms with Crippen LogP contribution in [0, 0.1) is 5.41 Å². The number of carbonyl (C=O) groups excluding carboxylic acids is 2. The monoisotopic (exact) mass is 494 g/mol. The van der Waals surface area contributed by atoms with Gasteiger partial charge >= 0.3 is 0 Å². The average molecular weight is 495 g/mol. The van der Waals surface area contributed by atoms with Crippen molar-refractivity contribution in [1.82, 2.24) is 5.32 Å². The van der Waals surface area contributed by atoms with Gasteiger partial charge in [0.25, 0.3) is 5.91 Å². The lowest BCUT2D eigenvalue weighted by molar-refractivity contribution is -0.118. The van der Waals surface area contributed by atoms with Gasteiger partial charge in [-0.1, -0.05) is 54.0 Å². The van der Waals surface area contributed by atoms with E-state index in [1.807, 2.05) is 43.3 Å². The van der Waals surface area contributed by atoms with Crippen molar-refractivity contribution < 1.29 is 14.3 Å². The number of ether oxygens (including phenoxy) is 1. The minimum atomic E-state index is -0.433. The summed E-state index contributed by atoms with van der Waals surface area (Å²) in [5.41, 5.74) is 4.31. The quantitative estimate of drug-likeness (QED) is 0.571. The van der Waals surface area contributed by atoms with Crippen molar-refractivity contribution >= 4 is 33.3 Å². The molecule has 0 radical (unpaired) electrons. The maximum atomic E-state index is 13.6. The first kappa shape index (κ1) is 22.3. The second-order valence-electron chi connectivity index (χ2n) is 9.14. The molecule has 4 rings (SSSR count). The third-order valence-corrected chi connectivity index (χ3v) is 6.57. The van der Waals surface area contributed by atoms with Gasteiger partial charge in [-0.05, 0) is 48.6 Å². The molecule has 2 aliphatic rings. The molecule has 2 aromatic carbocycles. The van der Waals surface area contributed by atoms with E-state index in [-0.39, 0.29) is 17.1 Å². The second-order valence-corrected chi connectivity index (χ2v) is 10.1. The van der Waals surface area contributed by atoms with Crippen LogP contribution in [0.3, 0.4) is 0 Å². The summed E-state index contributed by atoms with van der Waals surface area (Å²) in [6.45, 7) is 6.11. The van der Waals surface area contributed by atoms with Crippen molar-refractivity contribution in [1.29, 1.82) is 0 Å². The number of nitrogens with one attached hydrogen (secondary N) is 2. The molecule has 1 amide bonds. The summed E-state index contributed by atoms with van der Waals surface area (Å²) in [5, 5.41) is 6.39. The molecule has 1 aliphatic heterocycles. The minimum Gasteiger partial charge on any atom is -0.495 e. The number of amides is 1. The Morgan fingerprint density at radius 2 is 1.81 bits per heavy atom. The number of rotatable bonds is 4. The smallest absolute Gasteiger partial charge is 0.254 e. The lowest BCUT2D eigenvalue weighted by Gasteiger charge is -2.39. The minimum absolute atomic E-state index is 0.0896. The molecule has 0 saturated carbocycles. The Labute approximate surface area is 197 Å². The van der Waals surface area contributed by atoms with Crippen LogP contribution in [-0.4, -0.2) is 18.8 Å².